The highest BCUT2D eigenvalue weighted by atomic mass is 19.1. The molecule has 1 fully saturated rings. The molecule has 2 aromatic carbocycles. The summed E-state index contributed by atoms with van der Waals surface area (Å²) >= 11 is 0. The quantitative estimate of drug-likeness (QED) is 0.668. The van der Waals surface area contributed by atoms with Gasteiger partial charge in [0.1, 0.15) is 17.5 Å². The molecule has 1 atom stereocenters. The fraction of sp³-hybridized carbons (Fsp3) is 0.278. The Morgan fingerprint density at radius 3 is 2.68 bits per heavy atom. The van der Waals surface area contributed by atoms with Crippen molar-refractivity contribution in [2.24, 2.45) is 0 Å². The first-order chi connectivity index (χ1) is 11.9. The molecule has 2 aromatic rings. The average molecular weight is 343 g/mol. The molecule has 1 heterocycles. The SMILES string of the molecule is Cc1ccc([N+](=O)[O-])c(NC2CCN(Cc3ccc(F)cc3)C2=O)c1. The topological polar surface area (TPSA) is 75.5 Å². The molecule has 0 saturated carbocycles. The zero-order valence-corrected chi connectivity index (χ0v) is 13.7. The summed E-state index contributed by atoms with van der Waals surface area (Å²) < 4.78 is 13.0. The summed E-state index contributed by atoms with van der Waals surface area (Å²) in [6, 6.07) is 10.3. The Morgan fingerprint density at radius 1 is 1.28 bits per heavy atom. The van der Waals surface area contributed by atoms with Gasteiger partial charge in [0.05, 0.1) is 4.92 Å². The monoisotopic (exact) mass is 343 g/mol. The van der Waals surface area contributed by atoms with Gasteiger partial charge in [-0.05, 0) is 42.7 Å². The van der Waals surface area contributed by atoms with Gasteiger partial charge in [-0.15, -0.1) is 0 Å². The lowest BCUT2D eigenvalue weighted by Crippen LogP contribution is -2.33. The first-order valence-electron chi connectivity index (χ1n) is 7.99. The first-order valence-corrected chi connectivity index (χ1v) is 7.99. The Labute approximate surface area is 144 Å². The number of aryl methyl sites for hydroxylation is 1. The minimum absolute atomic E-state index is 0.0459. The van der Waals surface area contributed by atoms with Crippen molar-refractivity contribution in [1.29, 1.82) is 0 Å². The molecule has 1 aliphatic heterocycles. The average Bonchev–Trinajstić information content (AvgIpc) is 2.90. The van der Waals surface area contributed by atoms with Gasteiger partial charge in [0.2, 0.25) is 5.91 Å². The molecule has 0 aliphatic carbocycles. The normalized spacial score (nSPS) is 17.0. The molecule has 25 heavy (non-hydrogen) atoms. The molecule has 1 amide bonds. The number of hydrogen-bond acceptors (Lipinski definition) is 4. The Bertz CT molecular complexity index is 808. The number of carbonyl (C=O) groups is 1. The van der Waals surface area contributed by atoms with Crippen LogP contribution in [0.1, 0.15) is 17.5 Å². The molecule has 0 radical (unpaired) electrons. The third-order valence-corrected chi connectivity index (χ3v) is 4.26. The number of carbonyl (C=O) groups excluding carboxylic acids is 1. The van der Waals surface area contributed by atoms with Gasteiger partial charge in [-0.1, -0.05) is 18.2 Å². The van der Waals surface area contributed by atoms with E-state index in [0.717, 1.165) is 11.1 Å². The fourth-order valence-electron chi connectivity index (χ4n) is 2.95. The van der Waals surface area contributed by atoms with Crippen LogP contribution < -0.4 is 5.32 Å². The lowest BCUT2D eigenvalue weighted by molar-refractivity contribution is -0.384. The predicted molar refractivity (Wildman–Crippen MR) is 91.7 cm³/mol. The van der Waals surface area contributed by atoms with Crippen LogP contribution in [0.4, 0.5) is 15.8 Å². The van der Waals surface area contributed by atoms with Crippen LogP contribution >= 0.6 is 0 Å². The first kappa shape index (κ1) is 16.9. The molecule has 0 bridgehead atoms. The van der Waals surface area contributed by atoms with E-state index in [-0.39, 0.29) is 17.4 Å². The van der Waals surface area contributed by atoms with Crippen molar-refractivity contribution in [2.75, 3.05) is 11.9 Å². The number of nitrogens with zero attached hydrogens (tertiary/aromatic N) is 2. The van der Waals surface area contributed by atoms with Crippen molar-refractivity contribution in [2.45, 2.75) is 25.9 Å². The van der Waals surface area contributed by atoms with Crippen molar-refractivity contribution in [3.8, 4) is 0 Å². The highest BCUT2D eigenvalue weighted by Crippen LogP contribution is 2.28. The fourth-order valence-corrected chi connectivity index (χ4v) is 2.95. The number of benzene rings is 2. The molecule has 6 nitrogen and oxygen atoms in total. The van der Waals surface area contributed by atoms with Crippen LogP contribution in [0.3, 0.4) is 0 Å². The maximum absolute atomic E-state index is 13.0. The van der Waals surface area contributed by atoms with Gasteiger partial charge in [-0.2, -0.15) is 0 Å². The van der Waals surface area contributed by atoms with Crippen molar-refractivity contribution >= 4 is 17.3 Å². The summed E-state index contributed by atoms with van der Waals surface area (Å²) in [4.78, 5) is 24.9. The van der Waals surface area contributed by atoms with E-state index in [1.807, 2.05) is 6.92 Å². The van der Waals surface area contributed by atoms with Gasteiger partial charge in [0.25, 0.3) is 5.69 Å². The lowest BCUT2D eigenvalue weighted by Gasteiger charge is -2.18. The third-order valence-electron chi connectivity index (χ3n) is 4.26. The summed E-state index contributed by atoms with van der Waals surface area (Å²) in [7, 11) is 0. The number of rotatable bonds is 5. The second-order valence-corrected chi connectivity index (χ2v) is 6.15. The van der Waals surface area contributed by atoms with Crippen LogP contribution in [0.25, 0.3) is 0 Å². The Morgan fingerprint density at radius 2 is 2.00 bits per heavy atom. The summed E-state index contributed by atoms with van der Waals surface area (Å²) in [6.07, 6.45) is 0.561. The van der Waals surface area contributed by atoms with Crippen LogP contribution in [-0.2, 0) is 11.3 Å². The summed E-state index contributed by atoms with van der Waals surface area (Å²) in [6.45, 7) is 2.78. The highest BCUT2D eigenvalue weighted by molar-refractivity contribution is 5.87. The second-order valence-electron chi connectivity index (χ2n) is 6.15. The summed E-state index contributed by atoms with van der Waals surface area (Å²) in [5.41, 5.74) is 2.03. The standard InChI is InChI=1S/C18H18FN3O3/c1-12-2-7-17(22(24)25)16(10-12)20-15-8-9-21(18(15)23)11-13-3-5-14(19)6-4-13/h2-7,10,15,20H,8-9,11H2,1H3. The maximum atomic E-state index is 13.0. The van der Waals surface area contributed by atoms with Crippen LogP contribution in [-0.4, -0.2) is 28.3 Å². The number of likely N-dealkylation sites (tertiary alicyclic amines) is 1. The highest BCUT2D eigenvalue weighted by Gasteiger charge is 2.32. The van der Waals surface area contributed by atoms with Gasteiger partial charge in [-0.3, -0.25) is 14.9 Å². The zero-order chi connectivity index (χ0) is 18.0. The lowest BCUT2D eigenvalue weighted by atomic mass is 10.1. The van der Waals surface area contributed by atoms with E-state index in [9.17, 15) is 19.3 Å². The van der Waals surface area contributed by atoms with Gasteiger partial charge in [0, 0.05) is 19.2 Å². The Balaban J connectivity index is 1.71. The third kappa shape index (κ3) is 3.76. The Hall–Kier alpha value is -2.96. The van der Waals surface area contributed by atoms with Crippen LogP contribution in [0.2, 0.25) is 0 Å². The van der Waals surface area contributed by atoms with Crippen LogP contribution in [0.15, 0.2) is 42.5 Å². The molecule has 7 heteroatoms. The number of amides is 1. The van der Waals surface area contributed by atoms with Crippen LogP contribution in [0, 0.1) is 22.9 Å². The molecule has 0 aromatic heterocycles. The van der Waals surface area contributed by atoms with Crippen molar-refractivity contribution in [3.05, 3.63) is 69.5 Å². The van der Waals surface area contributed by atoms with Gasteiger partial charge in [-0.25, -0.2) is 4.39 Å². The molecule has 3 rings (SSSR count). The van der Waals surface area contributed by atoms with Gasteiger partial charge < -0.3 is 10.2 Å². The number of nitro groups is 1. The van der Waals surface area contributed by atoms with Crippen molar-refractivity contribution < 1.29 is 14.1 Å². The van der Waals surface area contributed by atoms with E-state index in [1.165, 1.54) is 18.2 Å². The maximum Gasteiger partial charge on any atom is 0.292 e. The molecular formula is C18H18FN3O3. The molecule has 0 spiro atoms. The number of halogens is 1. The minimum atomic E-state index is -0.499. The van der Waals surface area contributed by atoms with E-state index >= 15 is 0 Å². The van der Waals surface area contributed by atoms with Crippen molar-refractivity contribution in [1.82, 2.24) is 4.90 Å². The second kappa shape index (κ2) is 6.88. The van der Waals surface area contributed by atoms with Crippen molar-refractivity contribution in [3.63, 3.8) is 0 Å². The molecule has 1 N–H and O–H groups in total. The van der Waals surface area contributed by atoms with E-state index in [2.05, 4.69) is 5.32 Å². The molecule has 1 unspecified atom stereocenters. The smallest absolute Gasteiger partial charge is 0.292 e. The van der Waals surface area contributed by atoms with E-state index in [4.69, 9.17) is 0 Å². The summed E-state index contributed by atoms with van der Waals surface area (Å²) in [5, 5.41) is 14.2. The Kier molecular flexibility index (Phi) is 4.65. The number of hydrogen-bond donors (Lipinski definition) is 1. The molecule has 1 saturated heterocycles. The van der Waals surface area contributed by atoms with Gasteiger partial charge >= 0.3 is 0 Å². The number of nitrogens with one attached hydrogen (secondary N) is 1. The predicted octanol–water partition coefficient (Wildman–Crippen LogP) is 3.26. The molecule has 130 valence electrons. The molecule has 1 aliphatic rings. The van der Waals surface area contributed by atoms with E-state index in [0.29, 0.717) is 25.2 Å². The number of anilines is 1. The zero-order valence-electron chi connectivity index (χ0n) is 13.7. The van der Waals surface area contributed by atoms with Crippen LogP contribution in [0.5, 0.6) is 0 Å². The van der Waals surface area contributed by atoms with E-state index in [1.54, 1.807) is 29.2 Å². The largest absolute Gasteiger partial charge is 0.368 e. The number of nitro benzene ring substituents is 1. The summed E-state index contributed by atoms with van der Waals surface area (Å²) in [5.74, 6) is -0.428. The van der Waals surface area contributed by atoms with Gasteiger partial charge in [0.15, 0.2) is 0 Å². The van der Waals surface area contributed by atoms with E-state index < -0.39 is 11.0 Å². The minimum Gasteiger partial charge on any atom is -0.368 e. The molecular weight excluding hydrogens is 325 g/mol.